The largest absolute Gasteiger partial charge is 0.497 e. The van der Waals surface area contributed by atoms with E-state index >= 15 is 0 Å². The van der Waals surface area contributed by atoms with Gasteiger partial charge in [-0.25, -0.2) is 4.79 Å². The second kappa shape index (κ2) is 8.68. The molecule has 0 radical (unpaired) electrons. The number of carbonyl (C=O) groups excluding carboxylic acids is 1. The number of benzene rings is 3. The zero-order valence-electron chi connectivity index (χ0n) is 18.5. The second-order valence-corrected chi connectivity index (χ2v) is 8.54. The summed E-state index contributed by atoms with van der Waals surface area (Å²) in [5.41, 5.74) is 5.79. The predicted octanol–water partition coefficient (Wildman–Crippen LogP) is 6.58. The Morgan fingerprint density at radius 3 is 2.58 bits per heavy atom. The van der Waals surface area contributed by atoms with Crippen LogP contribution in [-0.4, -0.2) is 22.6 Å². The van der Waals surface area contributed by atoms with Crippen molar-refractivity contribution in [2.75, 3.05) is 12.4 Å². The van der Waals surface area contributed by atoms with Crippen molar-refractivity contribution in [2.24, 2.45) is 0 Å². The van der Waals surface area contributed by atoms with E-state index in [4.69, 9.17) is 16.3 Å². The van der Waals surface area contributed by atoms with Crippen LogP contribution in [0.1, 0.15) is 28.4 Å². The lowest BCUT2D eigenvalue weighted by atomic mass is 10.0. The smallest absolute Gasteiger partial charge is 0.322 e. The molecule has 5 rings (SSSR count). The van der Waals surface area contributed by atoms with Crippen molar-refractivity contribution in [3.63, 3.8) is 0 Å². The fourth-order valence-corrected chi connectivity index (χ4v) is 4.52. The molecule has 0 bridgehead atoms. The first-order valence-corrected chi connectivity index (χ1v) is 11.2. The molecule has 6 heteroatoms. The zero-order valence-corrected chi connectivity index (χ0v) is 19.2. The molecule has 5 nitrogen and oxygen atoms in total. The topological polar surface area (TPSA) is 46.5 Å². The first kappa shape index (κ1) is 21.2. The van der Waals surface area contributed by atoms with Crippen LogP contribution < -0.4 is 10.1 Å². The standard InChI is InChI=1S/C27H24ClN3O2/c1-18-9-12-21(16-23(18)28)29-27(32)31-17-20-6-3-4-7-24(20)30-15-5-8-25(30)26(31)19-10-13-22(33-2)14-11-19/h3-16,26H,17H2,1-2H3,(H,29,32). The average molecular weight is 458 g/mol. The van der Waals surface area contributed by atoms with E-state index in [2.05, 4.69) is 28.1 Å². The van der Waals surface area contributed by atoms with Gasteiger partial charge in [0.2, 0.25) is 0 Å². The minimum atomic E-state index is -0.292. The zero-order chi connectivity index (χ0) is 22.9. The quantitative estimate of drug-likeness (QED) is 0.377. The van der Waals surface area contributed by atoms with Crippen molar-refractivity contribution in [1.82, 2.24) is 9.47 Å². The predicted molar refractivity (Wildman–Crippen MR) is 131 cm³/mol. The molecular formula is C27H24ClN3O2. The van der Waals surface area contributed by atoms with Crippen LogP contribution in [0.3, 0.4) is 0 Å². The van der Waals surface area contributed by atoms with Gasteiger partial charge in [-0.2, -0.15) is 0 Å². The van der Waals surface area contributed by atoms with Crippen molar-refractivity contribution in [2.45, 2.75) is 19.5 Å². The molecule has 1 atom stereocenters. The number of hydrogen-bond acceptors (Lipinski definition) is 2. The monoisotopic (exact) mass is 457 g/mol. The van der Waals surface area contributed by atoms with Crippen LogP contribution in [0.4, 0.5) is 10.5 Å². The van der Waals surface area contributed by atoms with E-state index in [1.54, 1.807) is 13.2 Å². The summed E-state index contributed by atoms with van der Waals surface area (Å²) in [7, 11) is 1.65. The van der Waals surface area contributed by atoms with Crippen LogP contribution >= 0.6 is 11.6 Å². The molecule has 166 valence electrons. The van der Waals surface area contributed by atoms with E-state index in [0.717, 1.165) is 33.8 Å². The van der Waals surface area contributed by atoms with Crippen molar-refractivity contribution in [3.05, 3.63) is 112 Å². The number of rotatable bonds is 3. The molecule has 2 amide bonds. The summed E-state index contributed by atoms with van der Waals surface area (Å²) in [6.45, 7) is 2.40. The number of urea groups is 1. The molecule has 3 aromatic carbocycles. The molecule has 1 aliphatic rings. The summed E-state index contributed by atoms with van der Waals surface area (Å²) < 4.78 is 7.52. The van der Waals surface area contributed by atoms with Gasteiger partial charge in [-0.05, 0) is 66.1 Å². The maximum Gasteiger partial charge on any atom is 0.322 e. The molecular weight excluding hydrogens is 434 g/mol. The van der Waals surface area contributed by atoms with Gasteiger partial charge in [-0.3, -0.25) is 0 Å². The number of carbonyl (C=O) groups is 1. The van der Waals surface area contributed by atoms with Crippen LogP contribution in [0, 0.1) is 6.92 Å². The van der Waals surface area contributed by atoms with Gasteiger partial charge in [0.15, 0.2) is 0 Å². The van der Waals surface area contributed by atoms with E-state index in [-0.39, 0.29) is 12.1 Å². The number of hydrogen-bond donors (Lipinski definition) is 1. The average Bonchev–Trinajstić information content (AvgIpc) is 3.26. The minimum Gasteiger partial charge on any atom is -0.497 e. The highest BCUT2D eigenvalue weighted by atomic mass is 35.5. The number of amides is 2. The molecule has 1 N–H and O–H groups in total. The molecule has 0 spiro atoms. The maximum absolute atomic E-state index is 13.7. The summed E-state index contributed by atoms with van der Waals surface area (Å²) in [6, 6.07) is 25.2. The number of nitrogens with one attached hydrogen (secondary N) is 1. The highest BCUT2D eigenvalue weighted by Gasteiger charge is 2.33. The number of aromatic nitrogens is 1. The number of para-hydroxylation sites is 1. The highest BCUT2D eigenvalue weighted by Crippen LogP contribution is 2.37. The normalized spacial score (nSPS) is 14.8. The Morgan fingerprint density at radius 2 is 1.82 bits per heavy atom. The van der Waals surface area contributed by atoms with Crippen molar-refractivity contribution >= 4 is 23.3 Å². The Morgan fingerprint density at radius 1 is 1.03 bits per heavy atom. The van der Waals surface area contributed by atoms with Gasteiger partial charge in [0.1, 0.15) is 5.75 Å². The van der Waals surface area contributed by atoms with Gasteiger partial charge in [0.25, 0.3) is 0 Å². The Hall–Kier alpha value is -3.70. The van der Waals surface area contributed by atoms with Gasteiger partial charge >= 0.3 is 6.03 Å². The summed E-state index contributed by atoms with van der Waals surface area (Å²) in [4.78, 5) is 15.6. The number of fused-ring (bicyclic) bond motifs is 3. The SMILES string of the molecule is COc1ccc(C2c3cccn3-c3ccccc3CN2C(=O)Nc2ccc(C)c(Cl)c2)cc1. The molecule has 1 aromatic heterocycles. The van der Waals surface area contributed by atoms with Crippen LogP contribution in [0.2, 0.25) is 5.02 Å². The van der Waals surface area contributed by atoms with E-state index in [9.17, 15) is 4.79 Å². The lowest BCUT2D eigenvalue weighted by molar-refractivity contribution is 0.194. The van der Waals surface area contributed by atoms with Gasteiger partial charge in [0.05, 0.1) is 25.4 Å². The van der Waals surface area contributed by atoms with E-state index < -0.39 is 0 Å². The van der Waals surface area contributed by atoms with Crippen molar-refractivity contribution in [3.8, 4) is 11.4 Å². The van der Waals surface area contributed by atoms with Crippen LogP contribution in [0.5, 0.6) is 5.75 Å². The first-order valence-electron chi connectivity index (χ1n) is 10.8. The molecule has 1 unspecified atom stereocenters. The maximum atomic E-state index is 13.7. The third-order valence-corrected chi connectivity index (χ3v) is 6.49. The van der Waals surface area contributed by atoms with Gasteiger partial charge in [0, 0.05) is 22.6 Å². The van der Waals surface area contributed by atoms with Crippen LogP contribution in [0.25, 0.3) is 5.69 Å². The fourth-order valence-electron chi connectivity index (χ4n) is 4.34. The van der Waals surface area contributed by atoms with Gasteiger partial charge < -0.3 is 19.5 Å². The molecule has 0 fully saturated rings. The molecule has 2 heterocycles. The van der Waals surface area contributed by atoms with E-state index in [1.807, 2.05) is 72.6 Å². The lowest BCUT2D eigenvalue weighted by Crippen LogP contribution is -2.37. The van der Waals surface area contributed by atoms with Gasteiger partial charge in [-0.1, -0.05) is 48.0 Å². The number of methoxy groups -OCH3 is 1. The number of anilines is 1. The Balaban J connectivity index is 1.61. The molecule has 1 aliphatic heterocycles. The highest BCUT2D eigenvalue weighted by molar-refractivity contribution is 6.31. The Kier molecular flexibility index (Phi) is 5.56. The van der Waals surface area contributed by atoms with Crippen molar-refractivity contribution in [1.29, 1.82) is 0 Å². The Labute approximate surface area is 198 Å². The number of ether oxygens (including phenoxy) is 1. The summed E-state index contributed by atoms with van der Waals surface area (Å²) in [5, 5.41) is 3.67. The third kappa shape index (κ3) is 3.96. The minimum absolute atomic E-state index is 0.194. The third-order valence-electron chi connectivity index (χ3n) is 6.08. The number of halogens is 1. The summed E-state index contributed by atoms with van der Waals surface area (Å²) in [5.74, 6) is 0.774. The Bertz CT molecular complexity index is 1310. The summed E-state index contributed by atoms with van der Waals surface area (Å²) >= 11 is 6.30. The molecule has 33 heavy (non-hydrogen) atoms. The number of nitrogens with zero attached hydrogens (tertiary/aromatic N) is 2. The number of aryl methyl sites for hydroxylation is 1. The second-order valence-electron chi connectivity index (χ2n) is 8.13. The van der Waals surface area contributed by atoms with Crippen LogP contribution in [-0.2, 0) is 6.54 Å². The molecule has 0 saturated carbocycles. The summed E-state index contributed by atoms with van der Waals surface area (Å²) in [6.07, 6.45) is 2.05. The van der Waals surface area contributed by atoms with Crippen molar-refractivity contribution < 1.29 is 9.53 Å². The lowest BCUT2D eigenvalue weighted by Gasteiger charge is -2.31. The van der Waals surface area contributed by atoms with E-state index in [1.165, 1.54) is 0 Å². The molecule has 0 aliphatic carbocycles. The molecule has 0 saturated heterocycles. The van der Waals surface area contributed by atoms with E-state index in [0.29, 0.717) is 17.3 Å². The fraction of sp³-hybridized carbons (Fsp3) is 0.148. The molecule has 4 aromatic rings. The first-order chi connectivity index (χ1) is 16.0. The van der Waals surface area contributed by atoms with Gasteiger partial charge in [-0.15, -0.1) is 0 Å². The van der Waals surface area contributed by atoms with Crippen LogP contribution in [0.15, 0.2) is 85.1 Å².